The number of piperidine rings is 1. The zero-order valence-corrected chi connectivity index (χ0v) is 20.2. The third-order valence-electron chi connectivity index (χ3n) is 7.01. The molecule has 2 aromatic carbocycles. The Hall–Kier alpha value is -2.25. The predicted octanol–water partition coefficient (Wildman–Crippen LogP) is 4.58. The highest BCUT2D eigenvalue weighted by Gasteiger charge is 2.37. The monoisotopic (exact) mass is 472 g/mol. The van der Waals surface area contributed by atoms with Crippen molar-refractivity contribution in [3.05, 3.63) is 65.5 Å². The highest BCUT2D eigenvalue weighted by molar-refractivity contribution is 7.89. The van der Waals surface area contributed by atoms with E-state index in [2.05, 4.69) is 13.8 Å². The molecule has 2 heterocycles. The Labute approximate surface area is 196 Å². The molecule has 2 aromatic rings. The number of nitrogens with zero attached hydrogens (tertiary/aromatic N) is 2. The number of sulfonamides is 1. The van der Waals surface area contributed by atoms with E-state index < -0.39 is 10.0 Å². The summed E-state index contributed by atoms with van der Waals surface area (Å²) < 4.78 is 41.2. The van der Waals surface area contributed by atoms with Crippen LogP contribution in [0.25, 0.3) is 0 Å². The largest absolute Gasteiger partial charge is 0.339 e. The lowest BCUT2D eigenvalue weighted by molar-refractivity contribution is -0.137. The van der Waals surface area contributed by atoms with Gasteiger partial charge in [0, 0.05) is 31.6 Å². The van der Waals surface area contributed by atoms with Crippen molar-refractivity contribution in [2.45, 2.75) is 62.8 Å². The minimum Gasteiger partial charge on any atom is -0.339 e. The van der Waals surface area contributed by atoms with E-state index in [1.807, 2.05) is 23.1 Å². The minimum atomic E-state index is -3.56. The average Bonchev–Trinajstić information content (AvgIpc) is 3.26. The highest BCUT2D eigenvalue weighted by atomic mass is 32.2. The van der Waals surface area contributed by atoms with Crippen molar-refractivity contribution in [2.75, 3.05) is 19.6 Å². The summed E-state index contributed by atoms with van der Waals surface area (Å²) in [5, 5.41) is 0. The Morgan fingerprint density at radius 3 is 2.36 bits per heavy atom. The number of hydrogen-bond donors (Lipinski definition) is 0. The topological polar surface area (TPSA) is 57.7 Å². The SMILES string of the molecule is CC(C)c1ccc(S(=O)(=O)N2CCC(C(=O)N3CCCC3Cc3cccc(F)c3)CC2)cc1. The molecule has 0 aliphatic carbocycles. The molecule has 1 amide bonds. The molecule has 1 atom stereocenters. The molecule has 2 fully saturated rings. The number of hydrogen-bond acceptors (Lipinski definition) is 3. The number of halogens is 1. The fourth-order valence-electron chi connectivity index (χ4n) is 5.03. The third kappa shape index (κ3) is 5.30. The van der Waals surface area contributed by atoms with Gasteiger partial charge in [-0.05, 0) is 73.4 Å². The second-order valence-electron chi connectivity index (χ2n) is 9.56. The lowest BCUT2D eigenvalue weighted by atomic mass is 9.95. The van der Waals surface area contributed by atoms with E-state index in [1.165, 1.54) is 16.4 Å². The fourth-order valence-corrected chi connectivity index (χ4v) is 6.50. The van der Waals surface area contributed by atoms with Crippen LogP contribution in [0.4, 0.5) is 4.39 Å². The number of carbonyl (C=O) groups is 1. The average molecular weight is 473 g/mol. The van der Waals surface area contributed by atoms with Gasteiger partial charge >= 0.3 is 0 Å². The van der Waals surface area contributed by atoms with E-state index in [-0.39, 0.29) is 23.7 Å². The van der Waals surface area contributed by atoms with Crippen molar-refractivity contribution >= 4 is 15.9 Å². The van der Waals surface area contributed by atoms with Gasteiger partial charge in [0.2, 0.25) is 15.9 Å². The maximum atomic E-state index is 13.6. The summed E-state index contributed by atoms with van der Waals surface area (Å²) in [5.41, 5.74) is 2.01. The first-order chi connectivity index (χ1) is 15.8. The number of likely N-dealkylation sites (tertiary alicyclic amines) is 1. The van der Waals surface area contributed by atoms with Crippen LogP contribution in [0.1, 0.15) is 56.6 Å². The molecule has 2 aliphatic heterocycles. The summed E-state index contributed by atoms with van der Waals surface area (Å²) in [7, 11) is -3.56. The Morgan fingerprint density at radius 1 is 1.03 bits per heavy atom. The first-order valence-corrected chi connectivity index (χ1v) is 13.3. The van der Waals surface area contributed by atoms with Gasteiger partial charge in [0.25, 0.3) is 0 Å². The molecule has 0 aromatic heterocycles. The maximum Gasteiger partial charge on any atom is 0.243 e. The zero-order chi connectivity index (χ0) is 23.6. The molecule has 0 N–H and O–H groups in total. The molecule has 4 rings (SSSR count). The van der Waals surface area contributed by atoms with Crippen LogP contribution in [0.15, 0.2) is 53.4 Å². The van der Waals surface area contributed by atoms with Gasteiger partial charge < -0.3 is 4.90 Å². The molecular formula is C26H33FN2O3S. The highest BCUT2D eigenvalue weighted by Crippen LogP contribution is 2.29. The van der Waals surface area contributed by atoms with Gasteiger partial charge in [-0.15, -0.1) is 0 Å². The van der Waals surface area contributed by atoms with Crippen LogP contribution in [-0.4, -0.2) is 49.2 Å². The molecule has 2 aliphatic rings. The number of benzene rings is 2. The van der Waals surface area contributed by atoms with Gasteiger partial charge in [0.05, 0.1) is 4.90 Å². The van der Waals surface area contributed by atoms with E-state index in [1.54, 1.807) is 18.2 Å². The molecule has 0 saturated carbocycles. The van der Waals surface area contributed by atoms with E-state index in [0.29, 0.717) is 43.2 Å². The second kappa shape index (κ2) is 9.94. The van der Waals surface area contributed by atoms with E-state index in [0.717, 1.165) is 30.5 Å². The van der Waals surface area contributed by atoms with Crippen molar-refractivity contribution in [3.63, 3.8) is 0 Å². The molecule has 0 bridgehead atoms. The van der Waals surface area contributed by atoms with Crippen LogP contribution in [0, 0.1) is 11.7 Å². The van der Waals surface area contributed by atoms with Crippen LogP contribution in [0.5, 0.6) is 0 Å². The minimum absolute atomic E-state index is 0.0838. The predicted molar refractivity (Wildman–Crippen MR) is 127 cm³/mol. The van der Waals surface area contributed by atoms with Gasteiger partial charge in [-0.3, -0.25) is 4.79 Å². The number of amides is 1. The van der Waals surface area contributed by atoms with Gasteiger partial charge in [-0.25, -0.2) is 12.8 Å². The van der Waals surface area contributed by atoms with Crippen molar-refractivity contribution in [2.24, 2.45) is 5.92 Å². The third-order valence-corrected chi connectivity index (χ3v) is 8.92. The summed E-state index contributed by atoms with van der Waals surface area (Å²) in [6.45, 7) is 5.59. The van der Waals surface area contributed by atoms with E-state index in [4.69, 9.17) is 0 Å². The Morgan fingerprint density at radius 2 is 1.73 bits per heavy atom. The summed E-state index contributed by atoms with van der Waals surface area (Å²) in [5.74, 6) is 0.0507. The molecular weight excluding hydrogens is 439 g/mol. The Kier molecular flexibility index (Phi) is 7.19. The molecule has 0 radical (unpaired) electrons. The van der Waals surface area contributed by atoms with Crippen molar-refractivity contribution in [3.8, 4) is 0 Å². The number of rotatable bonds is 6. The zero-order valence-electron chi connectivity index (χ0n) is 19.4. The van der Waals surface area contributed by atoms with E-state index >= 15 is 0 Å². The first kappa shape index (κ1) is 23.9. The molecule has 5 nitrogen and oxygen atoms in total. The van der Waals surface area contributed by atoms with Crippen LogP contribution < -0.4 is 0 Å². The Balaban J connectivity index is 1.37. The molecule has 1 unspecified atom stereocenters. The van der Waals surface area contributed by atoms with Gasteiger partial charge in [-0.1, -0.05) is 38.1 Å². The fraction of sp³-hybridized carbons (Fsp3) is 0.500. The van der Waals surface area contributed by atoms with Crippen LogP contribution >= 0.6 is 0 Å². The quantitative estimate of drug-likeness (QED) is 0.618. The standard InChI is InChI=1S/C26H33FN2O3S/c1-19(2)21-8-10-25(11-9-21)33(31,32)28-15-12-22(13-16-28)26(30)29-14-4-7-24(29)18-20-5-3-6-23(27)17-20/h3,5-6,8-11,17,19,22,24H,4,7,12-16,18H2,1-2H3. The van der Waals surface area contributed by atoms with Gasteiger partial charge in [0.1, 0.15) is 5.82 Å². The summed E-state index contributed by atoms with van der Waals surface area (Å²) in [4.78, 5) is 15.5. The van der Waals surface area contributed by atoms with Gasteiger partial charge in [-0.2, -0.15) is 4.31 Å². The molecule has 0 spiro atoms. The van der Waals surface area contributed by atoms with E-state index in [9.17, 15) is 17.6 Å². The van der Waals surface area contributed by atoms with Gasteiger partial charge in [0.15, 0.2) is 0 Å². The van der Waals surface area contributed by atoms with Crippen molar-refractivity contribution < 1.29 is 17.6 Å². The smallest absolute Gasteiger partial charge is 0.243 e. The Bertz CT molecular complexity index is 1080. The lowest BCUT2D eigenvalue weighted by Crippen LogP contribution is -2.46. The molecule has 33 heavy (non-hydrogen) atoms. The summed E-state index contributed by atoms with van der Waals surface area (Å²) in [6, 6.07) is 13.8. The first-order valence-electron chi connectivity index (χ1n) is 11.9. The normalized spacial score (nSPS) is 20.5. The summed E-state index contributed by atoms with van der Waals surface area (Å²) >= 11 is 0. The molecule has 2 saturated heterocycles. The second-order valence-corrected chi connectivity index (χ2v) is 11.5. The summed E-state index contributed by atoms with van der Waals surface area (Å²) in [6.07, 6.45) is 3.59. The van der Waals surface area contributed by atoms with Crippen molar-refractivity contribution in [1.29, 1.82) is 0 Å². The van der Waals surface area contributed by atoms with Crippen LogP contribution in [-0.2, 0) is 21.2 Å². The van der Waals surface area contributed by atoms with Crippen LogP contribution in [0.3, 0.4) is 0 Å². The molecule has 7 heteroatoms. The lowest BCUT2D eigenvalue weighted by Gasteiger charge is -2.34. The molecule has 178 valence electrons. The maximum absolute atomic E-state index is 13.6. The number of carbonyl (C=O) groups excluding carboxylic acids is 1. The van der Waals surface area contributed by atoms with Crippen LogP contribution in [0.2, 0.25) is 0 Å². The van der Waals surface area contributed by atoms with Crippen molar-refractivity contribution in [1.82, 2.24) is 9.21 Å².